The summed E-state index contributed by atoms with van der Waals surface area (Å²) in [4.78, 5) is 11.9. The van der Waals surface area contributed by atoms with Crippen LogP contribution in [0.2, 0.25) is 0 Å². The first-order valence-corrected chi connectivity index (χ1v) is 6.85. The average Bonchev–Trinajstić information content (AvgIpc) is 2.69. The van der Waals surface area contributed by atoms with Crippen LogP contribution in [-0.4, -0.2) is 42.5 Å². The highest BCUT2D eigenvalue weighted by atomic mass is 32.1. The quantitative estimate of drug-likeness (QED) is 0.634. The Morgan fingerprint density at radius 2 is 2.20 bits per heavy atom. The summed E-state index contributed by atoms with van der Waals surface area (Å²) in [6, 6.07) is -0.0241. The van der Waals surface area contributed by atoms with E-state index < -0.39 is 13.0 Å². The molecule has 1 aromatic heterocycles. The van der Waals surface area contributed by atoms with Gasteiger partial charge in [0.05, 0.1) is 6.61 Å². The maximum absolute atomic E-state index is 11.9. The Bertz CT molecular complexity index is 440. The molecule has 0 unspecified atom stereocenters. The largest absolute Gasteiger partial charge is 0.382 e. The van der Waals surface area contributed by atoms with Gasteiger partial charge < -0.3 is 21.1 Å². The number of carbonyl (C=O) groups excluding carboxylic acids is 1. The molecule has 6 nitrogen and oxygen atoms in total. The third kappa shape index (κ3) is 5.25. The van der Waals surface area contributed by atoms with E-state index in [-0.39, 0.29) is 36.5 Å². The number of hydrogen-bond acceptors (Lipinski definition) is 6. The first-order chi connectivity index (χ1) is 9.41. The van der Waals surface area contributed by atoms with Crippen LogP contribution >= 0.6 is 11.5 Å². The molecule has 0 aliphatic rings. The van der Waals surface area contributed by atoms with E-state index in [1.807, 2.05) is 13.8 Å². The number of halogens is 2. The molecule has 1 aromatic rings. The van der Waals surface area contributed by atoms with Crippen LogP contribution in [0, 0.1) is 0 Å². The molecule has 0 spiro atoms. The summed E-state index contributed by atoms with van der Waals surface area (Å²) in [6.45, 7) is 3.45. The number of hydrogen-bond donors (Lipinski definition) is 3. The van der Waals surface area contributed by atoms with Crippen LogP contribution in [0.4, 0.5) is 19.6 Å². The molecule has 4 N–H and O–H groups in total. The standard InChI is InChI=1S/C11H18F2N4O2S/c1-6(2)16-10(18)8-9(14)17-20-11(8)15-3-4-19-5-7(12)13/h6-7,15H,3-5H2,1-2H3,(H2,14,17)(H,16,18). The Balaban J connectivity index is 2.52. The van der Waals surface area contributed by atoms with E-state index in [0.717, 1.165) is 11.5 Å². The molecule has 0 aliphatic heterocycles. The van der Waals surface area contributed by atoms with Crippen molar-refractivity contribution in [1.29, 1.82) is 0 Å². The van der Waals surface area contributed by atoms with Crippen molar-refractivity contribution < 1.29 is 18.3 Å². The van der Waals surface area contributed by atoms with E-state index in [1.165, 1.54) is 0 Å². The number of alkyl halides is 2. The monoisotopic (exact) mass is 308 g/mol. The van der Waals surface area contributed by atoms with Gasteiger partial charge in [0.25, 0.3) is 12.3 Å². The van der Waals surface area contributed by atoms with Gasteiger partial charge in [-0.1, -0.05) is 0 Å². The summed E-state index contributed by atoms with van der Waals surface area (Å²) in [5.74, 6) is -0.175. The van der Waals surface area contributed by atoms with Crippen molar-refractivity contribution in [3.63, 3.8) is 0 Å². The number of amides is 1. The zero-order valence-corrected chi connectivity index (χ0v) is 12.1. The zero-order valence-electron chi connectivity index (χ0n) is 11.3. The summed E-state index contributed by atoms with van der Waals surface area (Å²) < 4.78 is 32.3. The Morgan fingerprint density at radius 3 is 2.80 bits per heavy atom. The van der Waals surface area contributed by atoms with E-state index >= 15 is 0 Å². The molecule has 0 saturated carbocycles. The molecule has 0 radical (unpaired) electrons. The minimum absolute atomic E-state index is 0.0241. The lowest BCUT2D eigenvalue weighted by Crippen LogP contribution is -2.31. The number of rotatable bonds is 8. The maximum atomic E-state index is 11.9. The molecular formula is C11H18F2N4O2S. The highest BCUT2D eigenvalue weighted by Crippen LogP contribution is 2.26. The van der Waals surface area contributed by atoms with Crippen molar-refractivity contribution in [2.75, 3.05) is 30.8 Å². The van der Waals surface area contributed by atoms with Gasteiger partial charge in [0.2, 0.25) is 0 Å². The van der Waals surface area contributed by atoms with E-state index in [2.05, 4.69) is 15.0 Å². The van der Waals surface area contributed by atoms with Crippen molar-refractivity contribution in [3.05, 3.63) is 5.56 Å². The Morgan fingerprint density at radius 1 is 1.50 bits per heavy atom. The molecule has 1 heterocycles. The SMILES string of the molecule is CC(C)NC(=O)c1c(N)nsc1NCCOCC(F)F. The molecule has 1 rings (SSSR count). The van der Waals surface area contributed by atoms with Crippen LogP contribution in [0.15, 0.2) is 0 Å². The van der Waals surface area contributed by atoms with Crippen LogP contribution < -0.4 is 16.4 Å². The fourth-order valence-electron chi connectivity index (χ4n) is 1.39. The summed E-state index contributed by atoms with van der Waals surface area (Å²) in [7, 11) is 0. The van der Waals surface area contributed by atoms with Gasteiger partial charge in [0.1, 0.15) is 17.2 Å². The van der Waals surface area contributed by atoms with Gasteiger partial charge in [-0.2, -0.15) is 4.37 Å². The minimum atomic E-state index is -2.48. The topological polar surface area (TPSA) is 89.3 Å². The summed E-state index contributed by atoms with van der Waals surface area (Å²) >= 11 is 1.05. The third-order valence-corrected chi connectivity index (χ3v) is 2.96. The predicted octanol–water partition coefficient (Wildman–Crippen LogP) is 1.56. The molecule has 9 heteroatoms. The fourth-order valence-corrected chi connectivity index (χ4v) is 2.12. The van der Waals surface area contributed by atoms with Gasteiger partial charge in [-0.15, -0.1) is 0 Å². The van der Waals surface area contributed by atoms with Crippen LogP contribution in [0.1, 0.15) is 24.2 Å². The van der Waals surface area contributed by atoms with Gasteiger partial charge >= 0.3 is 0 Å². The van der Waals surface area contributed by atoms with Crippen molar-refractivity contribution in [2.45, 2.75) is 26.3 Å². The summed E-state index contributed by atoms with van der Waals surface area (Å²) in [5, 5.41) is 6.13. The lowest BCUT2D eigenvalue weighted by atomic mass is 10.2. The minimum Gasteiger partial charge on any atom is -0.382 e. The van der Waals surface area contributed by atoms with E-state index in [1.54, 1.807) is 0 Å². The van der Waals surface area contributed by atoms with Gasteiger partial charge in [0.15, 0.2) is 5.82 Å². The average molecular weight is 308 g/mol. The summed E-state index contributed by atoms with van der Waals surface area (Å²) in [6.07, 6.45) is -2.48. The van der Waals surface area contributed by atoms with Crippen molar-refractivity contribution in [1.82, 2.24) is 9.69 Å². The van der Waals surface area contributed by atoms with E-state index in [0.29, 0.717) is 5.00 Å². The van der Waals surface area contributed by atoms with E-state index in [4.69, 9.17) is 10.5 Å². The maximum Gasteiger partial charge on any atom is 0.261 e. The Labute approximate surface area is 119 Å². The lowest BCUT2D eigenvalue weighted by Gasteiger charge is -2.10. The van der Waals surface area contributed by atoms with Crippen molar-refractivity contribution in [3.8, 4) is 0 Å². The Hall–Kier alpha value is -1.48. The van der Waals surface area contributed by atoms with Gasteiger partial charge in [-0.05, 0) is 25.4 Å². The van der Waals surface area contributed by atoms with Gasteiger partial charge in [0, 0.05) is 12.6 Å². The van der Waals surface area contributed by atoms with Crippen molar-refractivity contribution in [2.24, 2.45) is 0 Å². The van der Waals surface area contributed by atoms with Crippen molar-refractivity contribution >= 4 is 28.3 Å². The molecule has 20 heavy (non-hydrogen) atoms. The third-order valence-electron chi connectivity index (χ3n) is 2.14. The number of nitrogens with one attached hydrogen (secondary N) is 2. The van der Waals surface area contributed by atoms with Gasteiger partial charge in [-0.25, -0.2) is 8.78 Å². The van der Waals surface area contributed by atoms with Crippen LogP contribution in [0.5, 0.6) is 0 Å². The van der Waals surface area contributed by atoms with Crippen LogP contribution in [0.25, 0.3) is 0 Å². The molecule has 0 aromatic carbocycles. The molecule has 1 amide bonds. The molecule has 0 aliphatic carbocycles. The number of nitrogens with two attached hydrogens (primary N) is 1. The number of aromatic nitrogens is 1. The number of carbonyl (C=O) groups is 1. The summed E-state index contributed by atoms with van der Waals surface area (Å²) in [5.41, 5.74) is 5.93. The highest BCUT2D eigenvalue weighted by molar-refractivity contribution is 7.11. The molecule has 114 valence electrons. The van der Waals surface area contributed by atoms with Crippen LogP contribution in [0.3, 0.4) is 0 Å². The van der Waals surface area contributed by atoms with Crippen LogP contribution in [-0.2, 0) is 4.74 Å². The zero-order chi connectivity index (χ0) is 15.1. The lowest BCUT2D eigenvalue weighted by molar-refractivity contribution is 0.0215. The van der Waals surface area contributed by atoms with E-state index in [9.17, 15) is 13.6 Å². The number of ether oxygens (including phenoxy) is 1. The smallest absolute Gasteiger partial charge is 0.261 e. The first-order valence-electron chi connectivity index (χ1n) is 6.07. The molecule has 0 fully saturated rings. The fraction of sp³-hybridized carbons (Fsp3) is 0.636. The number of nitrogen functional groups attached to an aromatic ring is 1. The first kappa shape index (κ1) is 16.6. The number of anilines is 2. The van der Waals surface area contributed by atoms with Gasteiger partial charge in [-0.3, -0.25) is 4.79 Å². The second-order valence-electron chi connectivity index (χ2n) is 4.29. The molecule has 0 atom stereocenters. The second-order valence-corrected chi connectivity index (χ2v) is 5.07. The second kappa shape index (κ2) is 7.95. The molecule has 0 bridgehead atoms. The highest BCUT2D eigenvalue weighted by Gasteiger charge is 2.19. The molecule has 0 saturated heterocycles. The molecular weight excluding hydrogens is 290 g/mol. The number of nitrogens with zero attached hydrogens (tertiary/aromatic N) is 1. The normalized spacial score (nSPS) is 11.1. The Kier molecular flexibility index (Phi) is 6.59. The predicted molar refractivity (Wildman–Crippen MR) is 74.4 cm³/mol.